The predicted octanol–water partition coefficient (Wildman–Crippen LogP) is -0.981. The van der Waals surface area contributed by atoms with Crippen molar-refractivity contribution in [3.63, 3.8) is 0 Å². The Kier molecular flexibility index (Phi) is 5.90. The molecule has 0 aromatic heterocycles. The van der Waals surface area contributed by atoms with E-state index in [9.17, 15) is 0 Å². The van der Waals surface area contributed by atoms with E-state index >= 15 is 0 Å². The normalized spacial score (nSPS) is 9.29. The summed E-state index contributed by atoms with van der Waals surface area (Å²) in [6, 6.07) is 0. The summed E-state index contributed by atoms with van der Waals surface area (Å²) in [4.78, 5) is 4.16. The molecule has 0 spiro atoms. The van der Waals surface area contributed by atoms with Gasteiger partial charge in [0.2, 0.25) is 0 Å². The van der Waals surface area contributed by atoms with Crippen LogP contribution in [0, 0.1) is 0 Å². The predicted molar refractivity (Wildman–Crippen MR) is 26.7 cm³/mol. The minimum atomic E-state index is 0.226. The Bertz CT molecular complexity index is 32.1. The molecular weight excluding hydrogens is 92.8 g/mol. The van der Waals surface area contributed by atoms with Crippen molar-refractivity contribution in [3.8, 4) is 0 Å². The van der Waals surface area contributed by atoms with Crippen LogP contribution < -0.4 is 5.90 Å². The molecular formula is C3H8BNO2. The number of hydrogen-bond donors (Lipinski definition) is 1. The lowest BCUT2D eigenvalue weighted by Crippen LogP contribution is -2.08. The van der Waals surface area contributed by atoms with E-state index in [-0.39, 0.29) is 6.51 Å². The molecule has 0 unspecified atom stereocenters. The molecule has 0 saturated carbocycles. The third-order valence-electron chi connectivity index (χ3n) is 0.463. The highest BCUT2D eigenvalue weighted by atomic mass is 16.6. The van der Waals surface area contributed by atoms with Crippen molar-refractivity contribution in [1.82, 2.24) is 0 Å². The molecule has 7 heavy (non-hydrogen) atoms. The Morgan fingerprint density at radius 3 is 2.57 bits per heavy atom. The molecule has 0 fully saturated rings. The average molecular weight is 101 g/mol. The van der Waals surface area contributed by atoms with Gasteiger partial charge in [0.05, 0.1) is 13.2 Å². The standard InChI is InChI=1S/C3H8BNO2/c4-3-6-1-2-7-5/h1-3,5H2. The van der Waals surface area contributed by atoms with Gasteiger partial charge in [-0.05, 0) is 0 Å². The first-order valence-corrected chi connectivity index (χ1v) is 2.01. The van der Waals surface area contributed by atoms with Crippen LogP contribution in [0.4, 0.5) is 0 Å². The molecule has 0 aliphatic carbocycles. The largest absolute Gasteiger partial charge is 0.389 e. The first-order valence-electron chi connectivity index (χ1n) is 2.01. The molecule has 0 rings (SSSR count). The summed E-state index contributed by atoms with van der Waals surface area (Å²) in [5, 5.41) is 0. The Balaban J connectivity index is 2.45. The van der Waals surface area contributed by atoms with Crippen LogP contribution in [0.5, 0.6) is 0 Å². The summed E-state index contributed by atoms with van der Waals surface area (Å²) in [7, 11) is 4.95. The SMILES string of the molecule is [B]COCCON. The van der Waals surface area contributed by atoms with Gasteiger partial charge in [-0.2, -0.15) is 0 Å². The maximum absolute atomic E-state index is 4.95. The van der Waals surface area contributed by atoms with Gasteiger partial charge < -0.3 is 9.57 Å². The second-order valence-corrected chi connectivity index (χ2v) is 0.946. The zero-order chi connectivity index (χ0) is 5.54. The fourth-order valence-electron chi connectivity index (χ4n) is 0.190. The van der Waals surface area contributed by atoms with Gasteiger partial charge >= 0.3 is 0 Å². The van der Waals surface area contributed by atoms with E-state index in [1.54, 1.807) is 0 Å². The quantitative estimate of drug-likeness (QED) is 0.281. The lowest BCUT2D eigenvalue weighted by molar-refractivity contribution is 0.0646. The van der Waals surface area contributed by atoms with E-state index in [0.29, 0.717) is 13.2 Å². The molecule has 0 heterocycles. The summed E-state index contributed by atoms with van der Waals surface area (Å²) in [6.45, 7) is 1.09. The molecule has 0 atom stereocenters. The van der Waals surface area contributed by atoms with Crippen molar-refractivity contribution in [1.29, 1.82) is 0 Å². The first kappa shape index (κ1) is 6.94. The molecule has 0 aromatic rings. The van der Waals surface area contributed by atoms with Gasteiger partial charge in [-0.3, -0.25) is 0 Å². The zero-order valence-corrected chi connectivity index (χ0v) is 4.09. The van der Waals surface area contributed by atoms with Crippen LogP contribution in [-0.4, -0.2) is 27.6 Å². The van der Waals surface area contributed by atoms with Gasteiger partial charge in [-0.1, -0.05) is 0 Å². The van der Waals surface area contributed by atoms with Crippen molar-refractivity contribution in [2.24, 2.45) is 5.90 Å². The highest BCUT2D eigenvalue weighted by Crippen LogP contribution is 1.67. The van der Waals surface area contributed by atoms with Crippen LogP contribution in [0.15, 0.2) is 0 Å². The fraction of sp³-hybridized carbons (Fsp3) is 1.00. The molecule has 0 bridgehead atoms. The van der Waals surface area contributed by atoms with Gasteiger partial charge in [-0.15, -0.1) is 0 Å². The summed E-state index contributed by atoms with van der Waals surface area (Å²) >= 11 is 0. The Morgan fingerprint density at radius 2 is 2.14 bits per heavy atom. The van der Waals surface area contributed by atoms with Crippen LogP contribution in [0.3, 0.4) is 0 Å². The molecule has 40 valence electrons. The minimum absolute atomic E-state index is 0.226. The topological polar surface area (TPSA) is 44.5 Å². The maximum Gasteiger partial charge on any atom is 0.104 e. The van der Waals surface area contributed by atoms with Crippen molar-refractivity contribution >= 4 is 7.85 Å². The van der Waals surface area contributed by atoms with Gasteiger partial charge in [0, 0.05) is 6.51 Å². The van der Waals surface area contributed by atoms with Gasteiger partial charge in [-0.25, -0.2) is 5.90 Å². The number of rotatable bonds is 4. The monoisotopic (exact) mass is 101 g/mol. The Hall–Kier alpha value is -0.0551. The van der Waals surface area contributed by atoms with Gasteiger partial charge in [0.25, 0.3) is 0 Å². The van der Waals surface area contributed by atoms with Crippen molar-refractivity contribution in [3.05, 3.63) is 0 Å². The molecule has 0 aromatic carbocycles. The lowest BCUT2D eigenvalue weighted by Gasteiger charge is -1.95. The Labute approximate surface area is 44.1 Å². The average Bonchev–Trinajstić information content (AvgIpc) is 1.69. The van der Waals surface area contributed by atoms with Crippen LogP contribution >= 0.6 is 0 Å². The zero-order valence-electron chi connectivity index (χ0n) is 4.09. The molecule has 3 nitrogen and oxygen atoms in total. The molecule has 2 N–H and O–H groups in total. The minimum Gasteiger partial charge on any atom is -0.389 e. The summed E-state index contributed by atoms with van der Waals surface area (Å²) in [6.07, 6.45) is 0. The number of nitrogens with two attached hydrogens (primary N) is 1. The van der Waals surface area contributed by atoms with Crippen molar-refractivity contribution in [2.75, 3.05) is 19.7 Å². The second kappa shape index (κ2) is 5.94. The highest BCUT2D eigenvalue weighted by Gasteiger charge is 1.78. The van der Waals surface area contributed by atoms with Crippen LogP contribution in [-0.2, 0) is 9.57 Å². The van der Waals surface area contributed by atoms with Crippen molar-refractivity contribution in [2.45, 2.75) is 0 Å². The van der Waals surface area contributed by atoms with E-state index in [4.69, 9.17) is 7.85 Å². The van der Waals surface area contributed by atoms with Crippen molar-refractivity contribution < 1.29 is 9.57 Å². The van der Waals surface area contributed by atoms with Crippen LogP contribution in [0.1, 0.15) is 0 Å². The Morgan fingerprint density at radius 1 is 1.43 bits per heavy atom. The van der Waals surface area contributed by atoms with E-state index in [1.165, 1.54) is 0 Å². The molecule has 0 amide bonds. The summed E-state index contributed by atoms with van der Waals surface area (Å²) in [5.74, 6) is 4.65. The van der Waals surface area contributed by atoms with Gasteiger partial charge in [0.1, 0.15) is 7.85 Å². The maximum atomic E-state index is 4.95. The van der Waals surface area contributed by atoms with Crippen LogP contribution in [0.2, 0.25) is 0 Å². The van der Waals surface area contributed by atoms with Gasteiger partial charge in [0.15, 0.2) is 0 Å². The second-order valence-electron chi connectivity index (χ2n) is 0.946. The number of ether oxygens (including phenoxy) is 1. The smallest absolute Gasteiger partial charge is 0.104 e. The molecule has 0 aliphatic rings. The van der Waals surface area contributed by atoms with E-state index < -0.39 is 0 Å². The molecule has 2 radical (unpaired) electrons. The third kappa shape index (κ3) is 5.94. The van der Waals surface area contributed by atoms with E-state index in [0.717, 1.165) is 0 Å². The first-order chi connectivity index (χ1) is 3.41. The lowest BCUT2D eigenvalue weighted by atomic mass is 10.2. The van der Waals surface area contributed by atoms with E-state index in [2.05, 4.69) is 15.5 Å². The van der Waals surface area contributed by atoms with Crippen LogP contribution in [0.25, 0.3) is 0 Å². The summed E-state index contributed by atoms with van der Waals surface area (Å²) < 4.78 is 4.65. The molecule has 0 aliphatic heterocycles. The third-order valence-corrected chi connectivity index (χ3v) is 0.463. The van der Waals surface area contributed by atoms with E-state index in [1.807, 2.05) is 0 Å². The highest BCUT2D eigenvalue weighted by molar-refractivity contribution is 6.08. The molecule has 0 saturated heterocycles. The summed E-state index contributed by atoms with van der Waals surface area (Å²) in [5.41, 5.74) is 0. The number of hydrogen-bond acceptors (Lipinski definition) is 3. The fourth-order valence-corrected chi connectivity index (χ4v) is 0.190. The molecule has 4 heteroatoms.